The van der Waals surface area contributed by atoms with E-state index in [1.165, 1.54) is 0 Å². The minimum atomic E-state index is -0.476. The zero-order valence-corrected chi connectivity index (χ0v) is 7.50. The van der Waals surface area contributed by atoms with Crippen LogP contribution in [0.4, 0.5) is 4.79 Å². The van der Waals surface area contributed by atoms with Crippen LogP contribution in [-0.2, 0) is 0 Å². The summed E-state index contributed by atoms with van der Waals surface area (Å²) in [6, 6.07) is -0.476. The molecule has 0 spiro atoms. The first-order valence-electron chi connectivity index (χ1n) is 3.90. The highest BCUT2D eigenvalue weighted by Gasteiger charge is 1.98. The number of nitrogens with zero attached hydrogens (tertiary/aromatic N) is 1. The second-order valence-corrected chi connectivity index (χ2v) is 2.95. The Labute approximate surface area is 72.2 Å². The SMILES string of the molecule is CC(C)CCNC(=O)N=C(N)N. The van der Waals surface area contributed by atoms with Gasteiger partial charge in [-0.15, -0.1) is 0 Å². The lowest BCUT2D eigenvalue weighted by molar-refractivity contribution is 0.248. The monoisotopic (exact) mass is 172 g/mol. The Bertz CT molecular complexity index is 172. The maximum atomic E-state index is 10.8. The maximum absolute atomic E-state index is 10.8. The molecule has 2 amide bonds. The van der Waals surface area contributed by atoms with Crippen molar-refractivity contribution in [2.75, 3.05) is 6.54 Å². The Kier molecular flexibility index (Phi) is 4.83. The molecule has 0 saturated carbocycles. The molecule has 0 aromatic rings. The van der Waals surface area contributed by atoms with Crippen molar-refractivity contribution in [2.45, 2.75) is 20.3 Å². The molecule has 0 aliphatic heterocycles. The highest BCUT2D eigenvalue weighted by atomic mass is 16.2. The summed E-state index contributed by atoms with van der Waals surface area (Å²) in [4.78, 5) is 14.1. The van der Waals surface area contributed by atoms with Crippen LogP contribution >= 0.6 is 0 Å². The Hall–Kier alpha value is -1.26. The van der Waals surface area contributed by atoms with Crippen LogP contribution in [0.5, 0.6) is 0 Å². The van der Waals surface area contributed by atoms with Gasteiger partial charge in [0.05, 0.1) is 0 Å². The first kappa shape index (κ1) is 10.7. The standard InChI is InChI=1S/C7H16N4O/c1-5(2)3-4-10-7(12)11-6(8)9/h5H,3-4H2,1-2H3,(H5,8,9,10,11,12). The summed E-state index contributed by atoms with van der Waals surface area (Å²) < 4.78 is 0. The van der Waals surface area contributed by atoms with Gasteiger partial charge in [0.25, 0.3) is 0 Å². The normalized spacial score (nSPS) is 9.58. The number of amides is 2. The highest BCUT2D eigenvalue weighted by Crippen LogP contribution is 1.96. The second kappa shape index (κ2) is 5.40. The van der Waals surface area contributed by atoms with Gasteiger partial charge in [0, 0.05) is 6.54 Å². The van der Waals surface area contributed by atoms with Gasteiger partial charge in [-0.3, -0.25) is 0 Å². The van der Waals surface area contributed by atoms with Crippen LogP contribution in [0.1, 0.15) is 20.3 Å². The predicted octanol–water partition coefficient (Wildman–Crippen LogP) is 0.0155. The topological polar surface area (TPSA) is 93.5 Å². The smallest absolute Gasteiger partial charge is 0.344 e. The largest absolute Gasteiger partial charge is 0.370 e. The minimum Gasteiger partial charge on any atom is -0.370 e. The van der Waals surface area contributed by atoms with Crippen LogP contribution in [0.3, 0.4) is 0 Å². The number of rotatable bonds is 3. The molecule has 0 aromatic heterocycles. The number of urea groups is 1. The van der Waals surface area contributed by atoms with E-state index in [0.29, 0.717) is 12.5 Å². The lowest BCUT2D eigenvalue weighted by atomic mass is 10.1. The fraction of sp³-hybridized carbons (Fsp3) is 0.714. The van der Waals surface area contributed by atoms with Crippen LogP contribution in [0.25, 0.3) is 0 Å². The quantitative estimate of drug-likeness (QED) is 0.413. The number of carbonyl (C=O) groups is 1. The number of aliphatic imine (C=N–C) groups is 1. The van der Waals surface area contributed by atoms with E-state index in [4.69, 9.17) is 11.5 Å². The van der Waals surface area contributed by atoms with E-state index < -0.39 is 6.03 Å². The van der Waals surface area contributed by atoms with Crippen molar-refractivity contribution in [3.63, 3.8) is 0 Å². The van der Waals surface area contributed by atoms with Crippen molar-refractivity contribution in [1.29, 1.82) is 0 Å². The van der Waals surface area contributed by atoms with E-state index in [9.17, 15) is 4.79 Å². The van der Waals surface area contributed by atoms with Gasteiger partial charge in [-0.25, -0.2) is 4.79 Å². The van der Waals surface area contributed by atoms with Gasteiger partial charge in [0.1, 0.15) is 0 Å². The molecule has 70 valence electrons. The van der Waals surface area contributed by atoms with Crippen molar-refractivity contribution in [1.82, 2.24) is 5.32 Å². The third kappa shape index (κ3) is 6.85. The Morgan fingerprint density at radius 1 is 1.50 bits per heavy atom. The first-order chi connectivity index (χ1) is 5.52. The van der Waals surface area contributed by atoms with E-state index in [-0.39, 0.29) is 5.96 Å². The Balaban J connectivity index is 3.52. The van der Waals surface area contributed by atoms with Gasteiger partial charge in [0.2, 0.25) is 0 Å². The minimum absolute atomic E-state index is 0.211. The fourth-order valence-corrected chi connectivity index (χ4v) is 0.625. The molecule has 0 rings (SSSR count). The average Bonchev–Trinajstić information content (AvgIpc) is 1.84. The van der Waals surface area contributed by atoms with Gasteiger partial charge in [0.15, 0.2) is 5.96 Å². The summed E-state index contributed by atoms with van der Waals surface area (Å²) in [7, 11) is 0. The highest BCUT2D eigenvalue weighted by molar-refractivity contribution is 5.90. The van der Waals surface area contributed by atoms with Crippen LogP contribution < -0.4 is 16.8 Å². The summed E-state index contributed by atoms with van der Waals surface area (Å²) in [5.74, 6) is 0.349. The Morgan fingerprint density at radius 2 is 2.08 bits per heavy atom. The third-order valence-electron chi connectivity index (χ3n) is 1.23. The second-order valence-electron chi connectivity index (χ2n) is 2.95. The first-order valence-corrected chi connectivity index (χ1v) is 3.90. The zero-order valence-electron chi connectivity index (χ0n) is 7.50. The Morgan fingerprint density at radius 3 is 2.50 bits per heavy atom. The molecular weight excluding hydrogens is 156 g/mol. The van der Waals surface area contributed by atoms with E-state index in [2.05, 4.69) is 24.2 Å². The van der Waals surface area contributed by atoms with Crippen molar-refractivity contribution >= 4 is 12.0 Å². The van der Waals surface area contributed by atoms with Crippen LogP contribution in [0.15, 0.2) is 4.99 Å². The van der Waals surface area contributed by atoms with Crippen molar-refractivity contribution in [3.8, 4) is 0 Å². The number of nitrogens with one attached hydrogen (secondary N) is 1. The lowest BCUT2D eigenvalue weighted by Gasteiger charge is -2.03. The summed E-state index contributed by atoms with van der Waals surface area (Å²) in [5, 5.41) is 2.56. The van der Waals surface area contributed by atoms with Crippen LogP contribution in [-0.4, -0.2) is 18.5 Å². The molecule has 0 radical (unpaired) electrons. The van der Waals surface area contributed by atoms with Gasteiger partial charge >= 0.3 is 6.03 Å². The summed E-state index contributed by atoms with van der Waals surface area (Å²) in [5.41, 5.74) is 9.98. The summed E-state index contributed by atoms with van der Waals surface area (Å²) in [6.45, 7) is 4.76. The molecule has 0 bridgehead atoms. The molecule has 0 fully saturated rings. The molecule has 0 heterocycles. The molecule has 0 aromatic carbocycles. The van der Waals surface area contributed by atoms with Gasteiger partial charge < -0.3 is 16.8 Å². The molecule has 0 saturated heterocycles. The van der Waals surface area contributed by atoms with Gasteiger partial charge in [-0.1, -0.05) is 13.8 Å². The molecule has 5 N–H and O–H groups in total. The molecule has 5 heteroatoms. The van der Waals surface area contributed by atoms with E-state index in [0.717, 1.165) is 6.42 Å². The average molecular weight is 172 g/mol. The molecule has 12 heavy (non-hydrogen) atoms. The number of hydrogen-bond acceptors (Lipinski definition) is 1. The van der Waals surface area contributed by atoms with Crippen LogP contribution in [0, 0.1) is 5.92 Å². The maximum Gasteiger partial charge on any atom is 0.344 e. The summed E-state index contributed by atoms with van der Waals surface area (Å²) in [6.07, 6.45) is 0.922. The molecule has 0 atom stereocenters. The van der Waals surface area contributed by atoms with Crippen molar-refractivity contribution < 1.29 is 4.79 Å². The number of nitrogens with two attached hydrogens (primary N) is 2. The van der Waals surface area contributed by atoms with Crippen molar-refractivity contribution in [3.05, 3.63) is 0 Å². The number of hydrogen-bond donors (Lipinski definition) is 3. The lowest BCUT2D eigenvalue weighted by Crippen LogP contribution is -2.29. The number of carbonyl (C=O) groups excluding carboxylic acids is 1. The molecular formula is C7H16N4O. The fourth-order valence-electron chi connectivity index (χ4n) is 0.625. The van der Waals surface area contributed by atoms with E-state index in [1.54, 1.807) is 0 Å². The molecule has 5 nitrogen and oxygen atoms in total. The predicted molar refractivity (Wildman–Crippen MR) is 48.7 cm³/mol. The van der Waals surface area contributed by atoms with Crippen molar-refractivity contribution in [2.24, 2.45) is 22.4 Å². The van der Waals surface area contributed by atoms with E-state index in [1.807, 2.05) is 0 Å². The summed E-state index contributed by atoms with van der Waals surface area (Å²) >= 11 is 0. The van der Waals surface area contributed by atoms with Gasteiger partial charge in [-0.2, -0.15) is 4.99 Å². The third-order valence-corrected chi connectivity index (χ3v) is 1.23. The van der Waals surface area contributed by atoms with Gasteiger partial charge in [-0.05, 0) is 12.3 Å². The zero-order chi connectivity index (χ0) is 9.56. The number of guanidine groups is 1. The molecule has 0 unspecified atom stereocenters. The molecule has 0 aliphatic rings. The molecule has 0 aliphatic carbocycles. The van der Waals surface area contributed by atoms with E-state index >= 15 is 0 Å². The van der Waals surface area contributed by atoms with Crippen LogP contribution in [0.2, 0.25) is 0 Å².